The summed E-state index contributed by atoms with van der Waals surface area (Å²) < 4.78 is 10.8. The monoisotopic (exact) mass is 551 g/mol. The standard InChI is InChI=1S/C30H41N5O5/c1-20(39-6)19-33(5)27(36)22-9-7-21(8-10-22)26-31-17-23(18-32-26)28(37)35(24-11-12-24)25-13-15-34(16-14-25)29(38)40-30(2,3)4/h7-10,17-18,20,24-25H,11-16,19H2,1-6H3. The molecule has 0 radical (unpaired) electrons. The minimum absolute atomic E-state index is 0.0521. The second-order valence-corrected chi connectivity index (χ2v) is 11.7. The summed E-state index contributed by atoms with van der Waals surface area (Å²) in [7, 11) is 3.37. The molecule has 1 aromatic heterocycles. The first-order valence-corrected chi connectivity index (χ1v) is 14.0. The zero-order valence-electron chi connectivity index (χ0n) is 24.4. The molecule has 4 rings (SSSR count). The Hall–Kier alpha value is -3.53. The Morgan fingerprint density at radius 2 is 1.52 bits per heavy atom. The van der Waals surface area contributed by atoms with Crippen LogP contribution in [0.5, 0.6) is 0 Å². The van der Waals surface area contributed by atoms with E-state index in [0.717, 1.165) is 18.4 Å². The average molecular weight is 552 g/mol. The Bertz CT molecular complexity index is 1180. The molecule has 1 unspecified atom stereocenters. The SMILES string of the molecule is COC(C)CN(C)C(=O)c1ccc(-c2ncc(C(=O)N(C3CC3)C3CCN(C(=O)OC(C)(C)C)CC3)cn2)cc1. The van der Waals surface area contributed by atoms with Crippen LogP contribution >= 0.6 is 0 Å². The van der Waals surface area contributed by atoms with Gasteiger partial charge in [-0.05, 0) is 65.5 Å². The largest absolute Gasteiger partial charge is 0.444 e. The first-order valence-electron chi connectivity index (χ1n) is 14.0. The van der Waals surface area contributed by atoms with E-state index in [0.29, 0.717) is 49.4 Å². The maximum atomic E-state index is 13.5. The van der Waals surface area contributed by atoms with Crippen LogP contribution in [-0.2, 0) is 9.47 Å². The van der Waals surface area contributed by atoms with E-state index in [1.54, 1.807) is 48.5 Å². The van der Waals surface area contributed by atoms with Gasteiger partial charge in [-0.3, -0.25) is 9.59 Å². The van der Waals surface area contributed by atoms with Gasteiger partial charge in [0.25, 0.3) is 11.8 Å². The summed E-state index contributed by atoms with van der Waals surface area (Å²) >= 11 is 0. The number of carbonyl (C=O) groups is 3. The number of piperidine rings is 1. The summed E-state index contributed by atoms with van der Waals surface area (Å²) in [5.41, 5.74) is 1.25. The number of ether oxygens (including phenoxy) is 2. The van der Waals surface area contributed by atoms with Gasteiger partial charge >= 0.3 is 6.09 Å². The highest BCUT2D eigenvalue weighted by Gasteiger charge is 2.40. The summed E-state index contributed by atoms with van der Waals surface area (Å²) in [6.07, 6.45) is 6.20. The minimum Gasteiger partial charge on any atom is -0.444 e. The van der Waals surface area contributed by atoms with Crippen LogP contribution in [0.15, 0.2) is 36.7 Å². The van der Waals surface area contributed by atoms with Gasteiger partial charge < -0.3 is 24.2 Å². The molecule has 1 aliphatic heterocycles. The third-order valence-electron chi connectivity index (χ3n) is 7.25. The van der Waals surface area contributed by atoms with Crippen LogP contribution in [0.25, 0.3) is 11.4 Å². The van der Waals surface area contributed by atoms with Crippen molar-refractivity contribution in [2.24, 2.45) is 0 Å². The number of hydrogen-bond donors (Lipinski definition) is 0. The molecule has 216 valence electrons. The molecule has 1 atom stereocenters. The number of rotatable bonds is 8. The molecule has 2 aromatic rings. The van der Waals surface area contributed by atoms with Crippen LogP contribution in [0, 0.1) is 0 Å². The van der Waals surface area contributed by atoms with Crippen LogP contribution in [0.2, 0.25) is 0 Å². The number of benzene rings is 1. The van der Waals surface area contributed by atoms with Crippen molar-refractivity contribution in [1.82, 2.24) is 24.7 Å². The number of methoxy groups -OCH3 is 1. The zero-order valence-corrected chi connectivity index (χ0v) is 24.4. The number of amides is 3. The van der Waals surface area contributed by atoms with Gasteiger partial charge in [0.15, 0.2) is 5.82 Å². The smallest absolute Gasteiger partial charge is 0.410 e. The molecule has 1 saturated carbocycles. The molecule has 0 N–H and O–H groups in total. The van der Waals surface area contributed by atoms with E-state index < -0.39 is 5.60 Å². The Kier molecular flexibility index (Phi) is 9.08. The molecule has 0 bridgehead atoms. The van der Waals surface area contributed by atoms with Gasteiger partial charge in [0, 0.05) is 69.4 Å². The van der Waals surface area contributed by atoms with Gasteiger partial charge in [-0.15, -0.1) is 0 Å². The normalized spacial score (nSPS) is 16.8. The molecule has 3 amide bonds. The van der Waals surface area contributed by atoms with Gasteiger partial charge in [-0.25, -0.2) is 14.8 Å². The lowest BCUT2D eigenvalue weighted by molar-refractivity contribution is 0.0142. The number of carbonyl (C=O) groups excluding carboxylic acids is 3. The summed E-state index contributed by atoms with van der Waals surface area (Å²) in [6, 6.07) is 7.42. The topological polar surface area (TPSA) is 105 Å². The second kappa shape index (κ2) is 12.3. The maximum absolute atomic E-state index is 13.5. The predicted molar refractivity (Wildman–Crippen MR) is 151 cm³/mol. The molecule has 1 aromatic carbocycles. The highest BCUT2D eigenvalue weighted by molar-refractivity contribution is 5.95. The van der Waals surface area contributed by atoms with Crippen LogP contribution in [0.4, 0.5) is 4.79 Å². The van der Waals surface area contributed by atoms with Crippen molar-refractivity contribution >= 4 is 17.9 Å². The van der Waals surface area contributed by atoms with E-state index in [2.05, 4.69) is 9.97 Å². The van der Waals surface area contributed by atoms with E-state index in [-0.39, 0.29) is 36.1 Å². The molecular formula is C30H41N5O5. The molecule has 2 aliphatic rings. The first kappa shape index (κ1) is 29.5. The Morgan fingerprint density at radius 3 is 2.05 bits per heavy atom. The van der Waals surface area contributed by atoms with Gasteiger partial charge in [-0.2, -0.15) is 0 Å². The summed E-state index contributed by atoms with van der Waals surface area (Å²) in [6.45, 7) is 9.11. The predicted octanol–water partition coefficient (Wildman–Crippen LogP) is 4.25. The molecule has 1 saturated heterocycles. The van der Waals surface area contributed by atoms with Crippen LogP contribution in [0.1, 0.15) is 74.1 Å². The third-order valence-corrected chi connectivity index (χ3v) is 7.25. The quantitative estimate of drug-likeness (QED) is 0.483. The van der Waals surface area contributed by atoms with Crippen molar-refractivity contribution in [3.05, 3.63) is 47.8 Å². The first-order chi connectivity index (χ1) is 19.0. The molecule has 2 fully saturated rings. The molecule has 40 heavy (non-hydrogen) atoms. The Morgan fingerprint density at radius 1 is 0.950 bits per heavy atom. The highest BCUT2D eigenvalue weighted by atomic mass is 16.6. The molecular weight excluding hydrogens is 510 g/mol. The van der Waals surface area contributed by atoms with E-state index >= 15 is 0 Å². The Balaban J connectivity index is 1.38. The number of aromatic nitrogens is 2. The highest BCUT2D eigenvalue weighted by Crippen LogP contribution is 2.33. The average Bonchev–Trinajstić information content (AvgIpc) is 3.77. The molecule has 10 heteroatoms. The number of likely N-dealkylation sites (tertiary alicyclic amines) is 1. The minimum atomic E-state index is -0.533. The lowest BCUT2D eigenvalue weighted by Gasteiger charge is -2.39. The van der Waals surface area contributed by atoms with Gasteiger partial charge in [-0.1, -0.05) is 12.1 Å². The van der Waals surface area contributed by atoms with Crippen LogP contribution in [0.3, 0.4) is 0 Å². The van der Waals surface area contributed by atoms with Crippen molar-refractivity contribution in [3.8, 4) is 11.4 Å². The lowest BCUT2D eigenvalue weighted by Crippen LogP contribution is -2.50. The molecule has 10 nitrogen and oxygen atoms in total. The summed E-state index contributed by atoms with van der Waals surface area (Å²) in [5.74, 6) is 0.328. The summed E-state index contributed by atoms with van der Waals surface area (Å²) in [5, 5.41) is 0. The Labute approximate surface area is 236 Å². The summed E-state index contributed by atoms with van der Waals surface area (Å²) in [4.78, 5) is 53.0. The van der Waals surface area contributed by atoms with Crippen molar-refractivity contribution in [1.29, 1.82) is 0 Å². The van der Waals surface area contributed by atoms with Crippen LogP contribution in [-0.4, -0.2) is 100 Å². The lowest BCUT2D eigenvalue weighted by atomic mass is 10.0. The fourth-order valence-corrected chi connectivity index (χ4v) is 4.90. The van der Waals surface area contributed by atoms with Gasteiger partial charge in [0.05, 0.1) is 11.7 Å². The van der Waals surface area contributed by atoms with Crippen molar-refractivity contribution in [2.45, 2.75) is 77.2 Å². The molecule has 0 spiro atoms. The van der Waals surface area contributed by atoms with E-state index in [9.17, 15) is 14.4 Å². The van der Waals surface area contributed by atoms with E-state index in [4.69, 9.17) is 9.47 Å². The van der Waals surface area contributed by atoms with Crippen molar-refractivity contribution in [2.75, 3.05) is 33.8 Å². The number of hydrogen-bond acceptors (Lipinski definition) is 7. The van der Waals surface area contributed by atoms with Gasteiger partial charge in [0.2, 0.25) is 0 Å². The van der Waals surface area contributed by atoms with Crippen LogP contribution < -0.4 is 0 Å². The fourth-order valence-electron chi connectivity index (χ4n) is 4.90. The van der Waals surface area contributed by atoms with E-state index in [1.165, 1.54) is 0 Å². The van der Waals surface area contributed by atoms with Crippen molar-refractivity contribution < 1.29 is 23.9 Å². The van der Waals surface area contributed by atoms with Gasteiger partial charge in [0.1, 0.15) is 5.60 Å². The molecule has 2 heterocycles. The van der Waals surface area contributed by atoms with E-state index in [1.807, 2.05) is 44.7 Å². The zero-order chi connectivity index (χ0) is 29.0. The third kappa shape index (κ3) is 7.35. The molecule has 1 aliphatic carbocycles. The fraction of sp³-hybridized carbons (Fsp3) is 0.567. The maximum Gasteiger partial charge on any atom is 0.410 e. The number of likely N-dealkylation sites (N-methyl/N-ethyl adjacent to an activating group) is 1. The second-order valence-electron chi connectivity index (χ2n) is 11.7. The number of nitrogens with zero attached hydrogens (tertiary/aromatic N) is 5. The van der Waals surface area contributed by atoms with Crippen molar-refractivity contribution in [3.63, 3.8) is 0 Å².